The van der Waals surface area contributed by atoms with Crippen LogP contribution in [0.4, 0.5) is 0 Å². The molecule has 0 atom stereocenters. The van der Waals surface area contributed by atoms with Gasteiger partial charge in [-0.2, -0.15) is 0 Å². The van der Waals surface area contributed by atoms with Crippen molar-refractivity contribution in [1.29, 1.82) is 0 Å². The molecule has 128 valence electrons. The third kappa shape index (κ3) is 2.37. The van der Waals surface area contributed by atoms with Crippen LogP contribution in [0.2, 0.25) is 0 Å². The zero-order chi connectivity index (χ0) is 17.8. The lowest BCUT2D eigenvalue weighted by molar-refractivity contribution is 1.25. The number of fused-ring (bicyclic) bond motifs is 4. The Bertz CT molecular complexity index is 1180. The minimum atomic E-state index is 1.04. The Morgan fingerprint density at radius 3 is 2.37 bits per heavy atom. The highest BCUT2D eigenvalue weighted by atomic mass is 14.2. The van der Waals surface area contributed by atoms with Crippen LogP contribution in [0.5, 0.6) is 0 Å². The van der Waals surface area contributed by atoms with E-state index in [-0.39, 0.29) is 0 Å². The average molecular weight is 344 g/mol. The molecular formula is C27H20. The average Bonchev–Trinajstić information content (AvgIpc) is 3.43. The monoisotopic (exact) mass is 344 g/mol. The van der Waals surface area contributed by atoms with Crippen LogP contribution in [0.3, 0.4) is 0 Å². The van der Waals surface area contributed by atoms with Gasteiger partial charge in [0, 0.05) is 0 Å². The number of rotatable bonds is 2. The predicted molar refractivity (Wildman–Crippen MR) is 114 cm³/mol. The SMILES string of the molecule is C1=CCC(c2ccc3c(c2)CC(c2ccc4c(c2)Cc2ccccc2-4)=C3)=C1. The van der Waals surface area contributed by atoms with Crippen LogP contribution in [-0.2, 0) is 12.8 Å². The van der Waals surface area contributed by atoms with Gasteiger partial charge in [0.1, 0.15) is 0 Å². The first-order valence-corrected chi connectivity index (χ1v) is 9.76. The van der Waals surface area contributed by atoms with E-state index in [1.165, 1.54) is 55.7 Å². The fraction of sp³-hybridized carbons (Fsp3) is 0.111. The molecule has 0 heteroatoms. The first kappa shape index (κ1) is 15.0. The zero-order valence-electron chi connectivity index (χ0n) is 15.2. The van der Waals surface area contributed by atoms with Gasteiger partial charge in [-0.1, -0.05) is 85.0 Å². The second kappa shape index (κ2) is 5.69. The summed E-state index contributed by atoms with van der Waals surface area (Å²) >= 11 is 0. The number of allylic oxidation sites excluding steroid dienone is 5. The van der Waals surface area contributed by atoms with Gasteiger partial charge in [0.25, 0.3) is 0 Å². The van der Waals surface area contributed by atoms with Crippen LogP contribution < -0.4 is 0 Å². The molecule has 0 saturated heterocycles. The van der Waals surface area contributed by atoms with Gasteiger partial charge in [0.05, 0.1) is 0 Å². The summed E-state index contributed by atoms with van der Waals surface area (Å²) in [4.78, 5) is 0. The smallest absolute Gasteiger partial charge is 0.00132 e. The maximum atomic E-state index is 2.41. The highest BCUT2D eigenvalue weighted by Gasteiger charge is 2.20. The van der Waals surface area contributed by atoms with E-state index in [0.717, 1.165) is 19.3 Å². The first-order chi connectivity index (χ1) is 13.3. The quantitative estimate of drug-likeness (QED) is 0.380. The first-order valence-electron chi connectivity index (χ1n) is 9.76. The summed E-state index contributed by atoms with van der Waals surface area (Å²) in [7, 11) is 0. The third-order valence-corrected chi connectivity index (χ3v) is 6.16. The largest absolute Gasteiger partial charge is 0.0801 e. The highest BCUT2D eigenvalue weighted by Crippen LogP contribution is 2.40. The summed E-state index contributed by atoms with van der Waals surface area (Å²) in [5.41, 5.74) is 14.2. The molecule has 0 unspecified atom stereocenters. The molecule has 0 aromatic heterocycles. The van der Waals surface area contributed by atoms with E-state index in [1.54, 1.807) is 0 Å². The van der Waals surface area contributed by atoms with Crippen molar-refractivity contribution < 1.29 is 0 Å². The van der Waals surface area contributed by atoms with Gasteiger partial charge in [-0.05, 0) is 74.9 Å². The lowest BCUT2D eigenvalue weighted by Gasteiger charge is -2.08. The van der Waals surface area contributed by atoms with Crippen molar-refractivity contribution in [2.24, 2.45) is 0 Å². The molecule has 6 rings (SSSR count). The molecule has 3 aliphatic carbocycles. The standard InChI is InChI=1S/C27H20/c1-2-6-18(5-1)19-9-10-20-14-24(17-23(20)13-19)21-11-12-27-25(15-21)16-22-7-3-4-8-26(22)27/h1-5,7-15H,6,16-17H2. The summed E-state index contributed by atoms with van der Waals surface area (Å²) < 4.78 is 0. The maximum Gasteiger partial charge on any atom is -0.00132 e. The molecule has 3 aromatic rings. The van der Waals surface area contributed by atoms with Gasteiger partial charge >= 0.3 is 0 Å². The maximum absolute atomic E-state index is 2.41. The molecule has 27 heavy (non-hydrogen) atoms. The molecule has 0 bridgehead atoms. The second-order valence-corrected chi connectivity index (χ2v) is 7.79. The van der Waals surface area contributed by atoms with Gasteiger partial charge in [-0.3, -0.25) is 0 Å². The van der Waals surface area contributed by atoms with E-state index in [4.69, 9.17) is 0 Å². The van der Waals surface area contributed by atoms with E-state index in [9.17, 15) is 0 Å². The van der Waals surface area contributed by atoms with E-state index in [0.29, 0.717) is 0 Å². The van der Waals surface area contributed by atoms with Crippen molar-refractivity contribution in [3.63, 3.8) is 0 Å². The van der Waals surface area contributed by atoms with Gasteiger partial charge in [-0.15, -0.1) is 0 Å². The van der Waals surface area contributed by atoms with Gasteiger partial charge in [-0.25, -0.2) is 0 Å². The van der Waals surface area contributed by atoms with Crippen LogP contribution in [0.25, 0.3) is 28.3 Å². The summed E-state index contributed by atoms with van der Waals surface area (Å²) in [5.74, 6) is 0. The molecule has 0 aliphatic heterocycles. The summed E-state index contributed by atoms with van der Waals surface area (Å²) in [6.07, 6.45) is 12.2. The molecule has 3 aliphatic rings. The molecule has 0 saturated carbocycles. The molecular weight excluding hydrogens is 324 g/mol. The topological polar surface area (TPSA) is 0 Å². The summed E-state index contributed by atoms with van der Waals surface area (Å²) in [5, 5.41) is 0. The van der Waals surface area contributed by atoms with Crippen molar-refractivity contribution >= 4 is 17.2 Å². The van der Waals surface area contributed by atoms with E-state index >= 15 is 0 Å². The molecule has 0 spiro atoms. The van der Waals surface area contributed by atoms with Crippen molar-refractivity contribution in [1.82, 2.24) is 0 Å². The Hall–Kier alpha value is -3.12. The molecule has 0 N–H and O–H groups in total. The fourth-order valence-electron chi connectivity index (χ4n) is 4.73. The fourth-order valence-corrected chi connectivity index (χ4v) is 4.73. The molecule has 0 heterocycles. The van der Waals surface area contributed by atoms with E-state index < -0.39 is 0 Å². The van der Waals surface area contributed by atoms with Crippen LogP contribution in [0.15, 0.2) is 78.9 Å². The summed E-state index contributed by atoms with van der Waals surface area (Å²) in [6, 6.07) is 22.8. The molecule has 3 aromatic carbocycles. The molecule has 0 nitrogen and oxygen atoms in total. The van der Waals surface area contributed by atoms with Crippen LogP contribution >= 0.6 is 0 Å². The molecule has 0 amide bonds. The predicted octanol–water partition coefficient (Wildman–Crippen LogP) is 6.70. The van der Waals surface area contributed by atoms with Crippen molar-refractivity contribution in [3.05, 3.63) is 112 Å². The van der Waals surface area contributed by atoms with Crippen LogP contribution in [-0.4, -0.2) is 0 Å². The second-order valence-electron chi connectivity index (χ2n) is 7.79. The Labute approximate surface area is 160 Å². The van der Waals surface area contributed by atoms with Gasteiger partial charge < -0.3 is 0 Å². The van der Waals surface area contributed by atoms with Crippen molar-refractivity contribution in [2.75, 3.05) is 0 Å². The van der Waals surface area contributed by atoms with Crippen molar-refractivity contribution in [3.8, 4) is 11.1 Å². The van der Waals surface area contributed by atoms with Gasteiger partial charge in [0.15, 0.2) is 0 Å². The summed E-state index contributed by atoms with van der Waals surface area (Å²) in [6.45, 7) is 0. The minimum absolute atomic E-state index is 1.04. The number of hydrogen-bond donors (Lipinski definition) is 0. The normalized spacial score (nSPS) is 16.0. The highest BCUT2D eigenvalue weighted by molar-refractivity contribution is 5.91. The Morgan fingerprint density at radius 2 is 1.44 bits per heavy atom. The molecule has 0 fully saturated rings. The molecule has 0 radical (unpaired) electrons. The Balaban J connectivity index is 1.32. The van der Waals surface area contributed by atoms with Gasteiger partial charge in [0.2, 0.25) is 0 Å². The lowest BCUT2D eigenvalue weighted by Crippen LogP contribution is -1.90. The van der Waals surface area contributed by atoms with Crippen molar-refractivity contribution in [2.45, 2.75) is 19.3 Å². The number of benzene rings is 3. The zero-order valence-corrected chi connectivity index (χ0v) is 15.2. The van der Waals surface area contributed by atoms with Crippen LogP contribution in [0.1, 0.15) is 39.8 Å². The third-order valence-electron chi connectivity index (χ3n) is 6.16. The Morgan fingerprint density at radius 1 is 0.630 bits per heavy atom. The minimum Gasteiger partial charge on any atom is -0.0801 e. The van der Waals surface area contributed by atoms with E-state index in [2.05, 4.69) is 85.0 Å². The van der Waals surface area contributed by atoms with Crippen LogP contribution in [0, 0.1) is 0 Å². The lowest BCUT2D eigenvalue weighted by atomic mass is 9.97. The van der Waals surface area contributed by atoms with E-state index in [1.807, 2.05) is 0 Å². The Kier molecular flexibility index (Phi) is 3.16. The number of hydrogen-bond acceptors (Lipinski definition) is 0.